The molecule has 2 amide bonds. The van der Waals surface area contributed by atoms with Gasteiger partial charge in [-0.25, -0.2) is 4.79 Å². The van der Waals surface area contributed by atoms with E-state index in [1.165, 1.54) is 11.3 Å². The summed E-state index contributed by atoms with van der Waals surface area (Å²) >= 11 is 1.46. The van der Waals surface area contributed by atoms with Crippen LogP contribution >= 0.6 is 11.3 Å². The van der Waals surface area contributed by atoms with Crippen LogP contribution in [0.5, 0.6) is 0 Å². The molecule has 1 aromatic rings. The van der Waals surface area contributed by atoms with Crippen molar-refractivity contribution >= 4 is 22.4 Å². The van der Waals surface area contributed by atoms with Crippen LogP contribution in [0.3, 0.4) is 0 Å². The number of hydrogen-bond acceptors (Lipinski definition) is 6. The third-order valence-corrected chi connectivity index (χ3v) is 5.18. The quantitative estimate of drug-likeness (QED) is 0.732. The van der Waals surface area contributed by atoms with Crippen LogP contribution in [0.25, 0.3) is 0 Å². The predicted octanol–water partition coefficient (Wildman–Crippen LogP) is 0.245. The Kier molecular flexibility index (Phi) is 5.50. The van der Waals surface area contributed by atoms with Crippen molar-refractivity contribution in [1.82, 2.24) is 15.1 Å². The minimum Gasteiger partial charge on any atom is -0.388 e. The lowest BCUT2D eigenvalue weighted by Gasteiger charge is -2.34. The van der Waals surface area contributed by atoms with Crippen LogP contribution in [0.1, 0.15) is 0 Å². The summed E-state index contributed by atoms with van der Waals surface area (Å²) in [6, 6.07) is 3.04. The summed E-state index contributed by atoms with van der Waals surface area (Å²) in [6.45, 7) is 5.10. The summed E-state index contributed by atoms with van der Waals surface area (Å²) in [4.78, 5) is 16.5. The number of thiophene rings is 1. The molecule has 3 N–H and O–H groups in total. The molecule has 0 bridgehead atoms. The standard InChI is InChI=1S/C15H24N4O3S/c1-18-4-6-19(7-5-18)9-12-14(20)11(10-22-12)16-15(21)17-13-3-2-8-23-13/h2-3,8,11-12,14,20H,4-7,9-10H2,1H3,(H2,16,17,21). The first-order chi connectivity index (χ1) is 11.1. The van der Waals surface area contributed by atoms with E-state index in [2.05, 4.69) is 27.5 Å². The molecule has 2 aliphatic heterocycles. The number of likely N-dealkylation sites (N-methyl/N-ethyl adjacent to an activating group) is 1. The maximum atomic E-state index is 11.9. The van der Waals surface area contributed by atoms with E-state index in [1.807, 2.05) is 17.5 Å². The lowest BCUT2D eigenvalue weighted by Crippen LogP contribution is -2.51. The number of aliphatic hydroxyl groups is 1. The molecule has 8 heteroatoms. The molecule has 2 fully saturated rings. The number of carbonyl (C=O) groups excluding carboxylic acids is 1. The molecule has 1 aromatic heterocycles. The van der Waals surface area contributed by atoms with Crippen molar-refractivity contribution in [3.63, 3.8) is 0 Å². The zero-order valence-corrected chi connectivity index (χ0v) is 14.1. The number of nitrogens with one attached hydrogen (secondary N) is 2. The molecule has 3 unspecified atom stereocenters. The van der Waals surface area contributed by atoms with Crippen LogP contribution in [-0.2, 0) is 4.74 Å². The van der Waals surface area contributed by atoms with Crippen molar-refractivity contribution < 1.29 is 14.6 Å². The van der Waals surface area contributed by atoms with Gasteiger partial charge in [0.1, 0.15) is 6.10 Å². The van der Waals surface area contributed by atoms with Crippen molar-refractivity contribution in [3.8, 4) is 0 Å². The maximum absolute atomic E-state index is 11.9. The fourth-order valence-corrected chi connectivity index (χ4v) is 3.53. The monoisotopic (exact) mass is 340 g/mol. The smallest absolute Gasteiger partial charge is 0.320 e. The molecule has 2 saturated heterocycles. The lowest BCUT2D eigenvalue weighted by atomic mass is 10.1. The van der Waals surface area contributed by atoms with Crippen LogP contribution in [0.4, 0.5) is 9.80 Å². The average molecular weight is 340 g/mol. The highest BCUT2D eigenvalue weighted by Gasteiger charge is 2.38. The van der Waals surface area contributed by atoms with E-state index in [-0.39, 0.29) is 18.2 Å². The zero-order valence-electron chi connectivity index (χ0n) is 13.3. The maximum Gasteiger partial charge on any atom is 0.320 e. The fourth-order valence-electron chi connectivity index (χ4n) is 2.92. The summed E-state index contributed by atoms with van der Waals surface area (Å²) in [5.74, 6) is 0. The highest BCUT2D eigenvalue weighted by Crippen LogP contribution is 2.18. The number of urea groups is 1. The number of anilines is 1. The molecule has 23 heavy (non-hydrogen) atoms. The Hall–Kier alpha value is -1.19. The molecule has 128 valence electrons. The minimum absolute atomic E-state index is 0.245. The van der Waals surface area contributed by atoms with E-state index in [0.717, 1.165) is 31.2 Å². The van der Waals surface area contributed by atoms with E-state index in [1.54, 1.807) is 0 Å². The molecule has 0 radical (unpaired) electrons. The number of ether oxygens (including phenoxy) is 1. The zero-order chi connectivity index (χ0) is 16.2. The summed E-state index contributed by atoms with van der Waals surface area (Å²) in [5.41, 5.74) is 0. The van der Waals surface area contributed by atoms with E-state index < -0.39 is 6.10 Å². The van der Waals surface area contributed by atoms with Gasteiger partial charge in [0, 0.05) is 32.7 Å². The molecule has 0 spiro atoms. The Morgan fingerprint density at radius 2 is 2.22 bits per heavy atom. The molecular weight excluding hydrogens is 316 g/mol. The summed E-state index contributed by atoms with van der Waals surface area (Å²) in [6.07, 6.45) is -0.922. The van der Waals surface area contributed by atoms with Gasteiger partial charge in [0.15, 0.2) is 0 Å². The van der Waals surface area contributed by atoms with Crippen LogP contribution < -0.4 is 10.6 Å². The fraction of sp³-hybridized carbons (Fsp3) is 0.667. The second kappa shape index (κ2) is 7.59. The van der Waals surface area contributed by atoms with E-state index in [9.17, 15) is 9.90 Å². The number of piperazine rings is 1. The van der Waals surface area contributed by atoms with Crippen molar-refractivity contribution in [2.45, 2.75) is 18.2 Å². The molecule has 0 saturated carbocycles. The van der Waals surface area contributed by atoms with Crippen LogP contribution in [0.2, 0.25) is 0 Å². The number of amides is 2. The number of hydrogen-bond donors (Lipinski definition) is 3. The largest absolute Gasteiger partial charge is 0.388 e. The normalized spacial score (nSPS) is 29.6. The van der Waals surface area contributed by atoms with Crippen LogP contribution in [-0.4, -0.2) is 85.6 Å². The van der Waals surface area contributed by atoms with Crippen molar-refractivity contribution in [2.75, 3.05) is 51.7 Å². The van der Waals surface area contributed by atoms with Gasteiger partial charge >= 0.3 is 6.03 Å². The molecule has 3 rings (SSSR count). The molecule has 2 aliphatic rings. The van der Waals surface area contributed by atoms with Gasteiger partial charge in [-0.15, -0.1) is 11.3 Å². The van der Waals surface area contributed by atoms with Gasteiger partial charge in [-0.2, -0.15) is 0 Å². The Morgan fingerprint density at radius 3 is 2.91 bits per heavy atom. The van der Waals surface area contributed by atoms with Crippen molar-refractivity contribution in [3.05, 3.63) is 17.5 Å². The minimum atomic E-state index is -0.677. The predicted molar refractivity (Wildman–Crippen MR) is 89.9 cm³/mol. The number of carbonyl (C=O) groups is 1. The van der Waals surface area contributed by atoms with Crippen LogP contribution in [0, 0.1) is 0 Å². The van der Waals surface area contributed by atoms with Gasteiger partial charge in [-0.3, -0.25) is 10.2 Å². The highest BCUT2D eigenvalue weighted by molar-refractivity contribution is 7.14. The van der Waals surface area contributed by atoms with E-state index >= 15 is 0 Å². The summed E-state index contributed by atoms with van der Waals surface area (Å²) in [7, 11) is 2.12. The topological polar surface area (TPSA) is 77.1 Å². The third-order valence-electron chi connectivity index (χ3n) is 4.39. The number of rotatable bonds is 4. The lowest BCUT2D eigenvalue weighted by molar-refractivity contribution is 0.00623. The first kappa shape index (κ1) is 16.7. The molecule has 3 atom stereocenters. The average Bonchev–Trinajstić information content (AvgIpc) is 3.14. The van der Waals surface area contributed by atoms with E-state index in [4.69, 9.17) is 4.74 Å². The Bertz CT molecular complexity index is 505. The molecule has 3 heterocycles. The van der Waals surface area contributed by atoms with Crippen molar-refractivity contribution in [1.29, 1.82) is 0 Å². The van der Waals surface area contributed by atoms with Gasteiger partial charge < -0.3 is 20.1 Å². The molecule has 7 nitrogen and oxygen atoms in total. The first-order valence-electron chi connectivity index (χ1n) is 7.93. The highest BCUT2D eigenvalue weighted by atomic mass is 32.1. The van der Waals surface area contributed by atoms with Gasteiger partial charge in [0.2, 0.25) is 0 Å². The van der Waals surface area contributed by atoms with Gasteiger partial charge in [-0.05, 0) is 24.6 Å². The molecule has 0 aromatic carbocycles. The molecular formula is C15H24N4O3S. The first-order valence-corrected chi connectivity index (χ1v) is 8.81. The summed E-state index contributed by atoms with van der Waals surface area (Å²) in [5, 5.41) is 18.6. The van der Waals surface area contributed by atoms with Crippen molar-refractivity contribution in [2.24, 2.45) is 0 Å². The Labute approximate surface area is 140 Å². The number of aliphatic hydroxyl groups excluding tert-OH is 1. The second-order valence-electron chi connectivity index (χ2n) is 6.15. The number of nitrogens with zero attached hydrogens (tertiary/aromatic N) is 2. The van der Waals surface area contributed by atoms with Gasteiger partial charge in [-0.1, -0.05) is 0 Å². The molecule has 0 aliphatic carbocycles. The van der Waals surface area contributed by atoms with Crippen LogP contribution in [0.15, 0.2) is 17.5 Å². The third kappa shape index (κ3) is 4.42. The Morgan fingerprint density at radius 1 is 1.43 bits per heavy atom. The second-order valence-corrected chi connectivity index (χ2v) is 7.10. The van der Waals surface area contributed by atoms with Gasteiger partial charge in [0.05, 0.1) is 23.8 Å². The summed E-state index contributed by atoms with van der Waals surface area (Å²) < 4.78 is 5.70. The SMILES string of the molecule is CN1CCN(CC2OCC(NC(=O)Nc3cccs3)C2O)CC1. The van der Waals surface area contributed by atoms with Gasteiger partial charge in [0.25, 0.3) is 0 Å². The Balaban J connectivity index is 1.44. The van der Waals surface area contributed by atoms with E-state index in [0.29, 0.717) is 13.2 Å².